The van der Waals surface area contributed by atoms with Crippen molar-refractivity contribution in [3.8, 4) is 0 Å². The van der Waals surface area contributed by atoms with E-state index in [2.05, 4.69) is 70.3 Å². The number of hydrogen-bond acceptors (Lipinski definition) is 3. The van der Waals surface area contributed by atoms with Gasteiger partial charge in [0.15, 0.2) is 0 Å². The highest BCUT2D eigenvalue weighted by Gasteiger charge is 2.24. The first kappa shape index (κ1) is 15.2. The van der Waals surface area contributed by atoms with Crippen LogP contribution in [0, 0.1) is 13.8 Å². The van der Waals surface area contributed by atoms with Gasteiger partial charge in [-0.25, -0.2) is 4.98 Å². The van der Waals surface area contributed by atoms with Crippen LogP contribution in [0.4, 0.5) is 0 Å². The highest BCUT2D eigenvalue weighted by molar-refractivity contribution is 7.11. The van der Waals surface area contributed by atoms with E-state index in [9.17, 15) is 0 Å². The standard InChI is InChI=1S/C17H24N2S/c1-11(2)18-16(17-19-13(4)14(5)20-17)12(3)15-9-7-6-8-10-15/h6-12,16,18H,1-5H3. The fourth-order valence-electron chi connectivity index (χ4n) is 2.37. The van der Waals surface area contributed by atoms with E-state index in [0.717, 1.165) is 5.69 Å². The maximum absolute atomic E-state index is 4.77. The van der Waals surface area contributed by atoms with E-state index < -0.39 is 0 Å². The summed E-state index contributed by atoms with van der Waals surface area (Å²) in [5.74, 6) is 0.406. The average Bonchev–Trinajstić information content (AvgIpc) is 2.76. The van der Waals surface area contributed by atoms with Crippen LogP contribution in [0.5, 0.6) is 0 Å². The van der Waals surface area contributed by atoms with Crippen molar-refractivity contribution in [3.05, 3.63) is 51.5 Å². The summed E-state index contributed by atoms with van der Waals surface area (Å²) in [4.78, 5) is 6.08. The minimum atomic E-state index is 0.273. The molecular formula is C17H24N2S. The molecule has 0 aliphatic rings. The van der Waals surface area contributed by atoms with Crippen LogP contribution in [0.2, 0.25) is 0 Å². The van der Waals surface area contributed by atoms with Crippen molar-refractivity contribution in [1.29, 1.82) is 0 Å². The number of rotatable bonds is 5. The quantitative estimate of drug-likeness (QED) is 0.869. The third-order valence-electron chi connectivity index (χ3n) is 3.65. The van der Waals surface area contributed by atoms with Crippen molar-refractivity contribution in [2.45, 2.75) is 52.6 Å². The molecule has 2 unspecified atom stereocenters. The summed E-state index contributed by atoms with van der Waals surface area (Å²) in [6, 6.07) is 11.4. The summed E-state index contributed by atoms with van der Waals surface area (Å²) in [5, 5.41) is 4.88. The Labute approximate surface area is 126 Å². The Morgan fingerprint density at radius 3 is 2.20 bits per heavy atom. The SMILES string of the molecule is Cc1nc(C(NC(C)C)C(C)c2ccccc2)sc1C. The predicted molar refractivity (Wildman–Crippen MR) is 87.5 cm³/mol. The fourth-order valence-corrected chi connectivity index (χ4v) is 3.46. The molecule has 1 N–H and O–H groups in total. The van der Waals surface area contributed by atoms with E-state index in [1.807, 2.05) is 11.3 Å². The second kappa shape index (κ2) is 6.51. The molecule has 2 rings (SSSR count). The molecule has 0 saturated carbocycles. The van der Waals surface area contributed by atoms with Gasteiger partial charge in [-0.15, -0.1) is 11.3 Å². The number of nitrogens with one attached hydrogen (secondary N) is 1. The molecule has 2 nitrogen and oxygen atoms in total. The smallest absolute Gasteiger partial charge is 0.111 e. The molecule has 0 fully saturated rings. The maximum atomic E-state index is 4.77. The lowest BCUT2D eigenvalue weighted by atomic mass is 9.93. The average molecular weight is 288 g/mol. The minimum Gasteiger partial charge on any atom is -0.305 e. The molecule has 2 aromatic rings. The zero-order valence-electron chi connectivity index (χ0n) is 13.0. The van der Waals surface area contributed by atoms with E-state index in [0.29, 0.717) is 12.0 Å². The monoisotopic (exact) mass is 288 g/mol. The van der Waals surface area contributed by atoms with Crippen molar-refractivity contribution in [3.63, 3.8) is 0 Å². The Morgan fingerprint density at radius 1 is 1.05 bits per heavy atom. The van der Waals surface area contributed by atoms with Crippen LogP contribution < -0.4 is 5.32 Å². The maximum Gasteiger partial charge on any atom is 0.111 e. The molecule has 0 spiro atoms. The molecule has 0 amide bonds. The molecule has 1 heterocycles. The molecule has 20 heavy (non-hydrogen) atoms. The largest absolute Gasteiger partial charge is 0.305 e. The minimum absolute atomic E-state index is 0.273. The Morgan fingerprint density at radius 2 is 1.70 bits per heavy atom. The number of benzene rings is 1. The zero-order valence-corrected chi connectivity index (χ0v) is 13.8. The van der Waals surface area contributed by atoms with Gasteiger partial charge in [-0.1, -0.05) is 51.1 Å². The molecule has 1 aromatic heterocycles. The molecular weight excluding hydrogens is 264 g/mol. The van der Waals surface area contributed by atoms with Crippen LogP contribution in [0.25, 0.3) is 0 Å². The number of thiazole rings is 1. The van der Waals surface area contributed by atoms with Crippen LogP contribution in [0.15, 0.2) is 30.3 Å². The lowest BCUT2D eigenvalue weighted by Gasteiger charge is -2.26. The van der Waals surface area contributed by atoms with Crippen molar-refractivity contribution >= 4 is 11.3 Å². The first-order chi connectivity index (χ1) is 9.49. The summed E-state index contributed by atoms with van der Waals surface area (Å²) in [6.07, 6.45) is 0. The van der Waals surface area contributed by atoms with Crippen molar-refractivity contribution in [1.82, 2.24) is 10.3 Å². The van der Waals surface area contributed by atoms with Gasteiger partial charge in [0.1, 0.15) is 5.01 Å². The third kappa shape index (κ3) is 3.47. The van der Waals surface area contributed by atoms with Gasteiger partial charge >= 0.3 is 0 Å². The van der Waals surface area contributed by atoms with Gasteiger partial charge in [0.2, 0.25) is 0 Å². The topological polar surface area (TPSA) is 24.9 Å². The molecule has 108 valence electrons. The Hall–Kier alpha value is -1.19. The summed E-state index contributed by atoms with van der Waals surface area (Å²) >= 11 is 1.81. The summed E-state index contributed by atoms with van der Waals surface area (Å²) in [7, 11) is 0. The second-order valence-electron chi connectivity index (χ2n) is 5.69. The van der Waals surface area contributed by atoms with E-state index >= 15 is 0 Å². The van der Waals surface area contributed by atoms with E-state index in [1.165, 1.54) is 15.4 Å². The summed E-state index contributed by atoms with van der Waals surface area (Å²) < 4.78 is 0. The number of hydrogen-bond donors (Lipinski definition) is 1. The highest BCUT2D eigenvalue weighted by Crippen LogP contribution is 2.34. The number of aromatic nitrogens is 1. The molecule has 3 heteroatoms. The Kier molecular flexibility index (Phi) is 4.95. The van der Waals surface area contributed by atoms with Gasteiger partial charge in [0, 0.05) is 16.8 Å². The lowest BCUT2D eigenvalue weighted by molar-refractivity contribution is 0.424. The van der Waals surface area contributed by atoms with Crippen LogP contribution in [0.1, 0.15) is 53.9 Å². The van der Waals surface area contributed by atoms with Crippen LogP contribution in [-0.4, -0.2) is 11.0 Å². The molecule has 2 atom stereocenters. The molecule has 1 aromatic carbocycles. The van der Waals surface area contributed by atoms with Gasteiger partial charge in [0.25, 0.3) is 0 Å². The Balaban J connectivity index is 2.32. The van der Waals surface area contributed by atoms with Gasteiger partial charge in [-0.3, -0.25) is 0 Å². The van der Waals surface area contributed by atoms with Crippen molar-refractivity contribution < 1.29 is 0 Å². The van der Waals surface area contributed by atoms with E-state index in [4.69, 9.17) is 4.98 Å². The van der Waals surface area contributed by atoms with E-state index in [1.54, 1.807) is 0 Å². The molecule has 0 radical (unpaired) electrons. The van der Waals surface area contributed by atoms with Gasteiger partial charge in [-0.2, -0.15) is 0 Å². The first-order valence-electron chi connectivity index (χ1n) is 7.24. The summed E-state index contributed by atoms with van der Waals surface area (Å²) in [6.45, 7) is 10.9. The number of nitrogens with zero attached hydrogens (tertiary/aromatic N) is 1. The molecule has 0 bridgehead atoms. The third-order valence-corrected chi connectivity index (χ3v) is 4.81. The molecule has 0 saturated heterocycles. The Bertz CT molecular complexity index is 526. The van der Waals surface area contributed by atoms with Crippen LogP contribution in [0.3, 0.4) is 0 Å². The van der Waals surface area contributed by atoms with Gasteiger partial charge in [0.05, 0.1) is 11.7 Å². The number of aryl methyl sites for hydroxylation is 2. The van der Waals surface area contributed by atoms with Gasteiger partial charge < -0.3 is 5.32 Å². The van der Waals surface area contributed by atoms with Crippen LogP contribution >= 0.6 is 11.3 Å². The predicted octanol–water partition coefficient (Wildman–Crippen LogP) is 4.60. The lowest BCUT2D eigenvalue weighted by Crippen LogP contribution is -2.31. The summed E-state index contributed by atoms with van der Waals surface area (Å²) in [5.41, 5.74) is 2.51. The van der Waals surface area contributed by atoms with Gasteiger partial charge in [-0.05, 0) is 19.4 Å². The first-order valence-corrected chi connectivity index (χ1v) is 8.05. The highest BCUT2D eigenvalue weighted by atomic mass is 32.1. The second-order valence-corrected chi connectivity index (χ2v) is 6.93. The van der Waals surface area contributed by atoms with E-state index in [-0.39, 0.29) is 6.04 Å². The molecule has 0 aliphatic carbocycles. The van der Waals surface area contributed by atoms with Crippen molar-refractivity contribution in [2.24, 2.45) is 0 Å². The van der Waals surface area contributed by atoms with Crippen molar-refractivity contribution in [2.75, 3.05) is 0 Å². The zero-order chi connectivity index (χ0) is 14.7. The molecule has 0 aliphatic heterocycles. The van der Waals surface area contributed by atoms with Crippen LogP contribution in [-0.2, 0) is 0 Å². The normalized spacial score (nSPS) is 14.5. The fraction of sp³-hybridized carbons (Fsp3) is 0.471.